The largest absolute Gasteiger partial charge is 0.453 e. The molecule has 17 nitrogen and oxygen atoms in total. The van der Waals surface area contributed by atoms with Crippen molar-refractivity contribution in [1.29, 1.82) is 0 Å². The summed E-state index contributed by atoms with van der Waals surface area (Å²) in [6.45, 7) is 8.70. The smallest absolute Gasteiger partial charge is 0.407 e. The van der Waals surface area contributed by atoms with Crippen LogP contribution in [-0.2, 0) is 19.1 Å². The van der Waals surface area contributed by atoms with Crippen molar-refractivity contribution < 1.29 is 28.7 Å². The zero-order valence-corrected chi connectivity index (χ0v) is 31.9. The number of amides is 4. The van der Waals surface area contributed by atoms with Crippen molar-refractivity contribution in [1.82, 2.24) is 55.0 Å². The number of nitrogens with zero attached hydrogens (tertiary/aromatic N) is 7. The summed E-state index contributed by atoms with van der Waals surface area (Å²) in [5, 5.41) is 11.0. The van der Waals surface area contributed by atoms with Gasteiger partial charge in [-0.1, -0.05) is 39.0 Å². The Morgan fingerprint density at radius 1 is 0.852 bits per heavy atom. The molecule has 0 saturated carbocycles. The van der Waals surface area contributed by atoms with Gasteiger partial charge in [0, 0.05) is 18.7 Å². The number of methoxy groups -OCH3 is 2. The number of likely N-dealkylation sites (tertiary alicyclic amines) is 2. The van der Waals surface area contributed by atoms with Crippen molar-refractivity contribution in [2.24, 2.45) is 11.8 Å². The molecular formula is C36H45N11O6S. The highest BCUT2D eigenvalue weighted by atomic mass is 32.1. The Kier molecular flexibility index (Phi) is 10.3. The molecule has 4 atom stereocenters. The number of hydrogen-bond donors (Lipinski definition) is 4. The second kappa shape index (κ2) is 15.1. The van der Waals surface area contributed by atoms with E-state index < -0.39 is 24.3 Å². The van der Waals surface area contributed by atoms with E-state index in [0.29, 0.717) is 41.1 Å². The summed E-state index contributed by atoms with van der Waals surface area (Å²) >= 11 is 1.45. The van der Waals surface area contributed by atoms with Crippen molar-refractivity contribution in [2.45, 2.75) is 77.5 Å². The number of benzene rings is 1. The molecular weight excluding hydrogens is 715 g/mol. The first kappa shape index (κ1) is 36.8. The predicted octanol–water partition coefficient (Wildman–Crippen LogP) is 4.81. The molecule has 2 fully saturated rings. The average molecular weight is 760 g/mol. The Morgan fingerprint density at radius 2 is 1.46 bits per heavy atom. The summed E-state index contributed by atoms with van der Waals surface area (Å²) in [4.78, 5) is 76.4. The summed E-state index contributed by atoms with van der Waals surface area (Å²) in [5.74, 6) is 0.800. The summed E-state index contributed by atoms with van der Waals surface area (Å²) in [6, 6.07) is 4.00. The number of nitrogens with one attached hydrogen (secondary N) is 4. The Labute approximate surface area is 315 Å². The lowest BCUT2D eigenvalue weighted by molar-refractivity contribution is -0.136. The molecule has 5 aromatic rings. The van der Waals surface area contributed by atoms with E-state index >= 15 is 0 Å². The molecule has 1 unspecified atom stereocenters. The van der Waals surface area contributed by atoms with E-state index in [2.05, 4.69) is 25.6 Å². The van der Waals surface area contributed by atoms with Crippen LogP contribution in [0.2, 0.25) is 0 Å². The number of rotatable bonds is 10. The number of H-pyrrole nitrogens is 2. The summed E-state index contributed by atoms with van der Waals surface area (Å²) in [6.07, 6.45) is 5.45. The number of alkyl carbamates (subject to hydrolysis) is 2. The fraction of sp³-hybridized carbons (Fsp3) is 0.500. The fourth-order valence-corrected chi connectivity index (χ4v) is 8.17. The first-order valence-electron chi connectivity index (χ1n) is 18.2. The molecule has 0 bridgehead atoms. The lowest BCUT2D eigenvalue weighted by Crippen LogP contribution is -2.51. The van der Waals surface area contributed by atoms with Crippen LogP contribution in [0, 0.1) is 11.8 Å². The molecule has 18 heteroatoms. The van der Waals surface area contributed by atoms with Crippen LogP contribution < -0.4 is 10.6 Å². The second-order valence-electron chi connectivity index (χ2n) is 14.4. The van der Waals surface area contributed by atoms with Crippen LogP contribution in [0.3, 0.4) is 0 Å². The Balaban J connectivity index is 1.06. The molecule has 2 saturated heterocycles. The number of carbonyl (C=O) groups is 4. The van der Waals surface area contributed by atoms with Crippen molar-refractivity contribution >= 4 is 51.3 Å². The van der Waals surface area contributed by atoms with Crippen molar-refractivity contribution in [3.05, 3.63) is 42.2 Å². The first-order valence-corrected chi connectivity index (χ1v) is 19.0. The second-order valence-corrected chi connectivity index (χ2v) is 15.3. The van der Waals surface area contributed by atoms with E-state index in [4.69, 9.17) is 24.5 Å². The van der Waals surface area contributed by atoms with Gasteiger partial charge in [0.1, 0.15) is 34.4 Å². The number of ether oxygens (including phenoxy) is 2. The molecule has 0 radical (unpaired) electrons. The van der Waals surface area contributed by atoms with Crippen molar-refractivity contribution in [2.75, 3.05) is 27.3 Å². The van der Waals surface area contributed by atoms with Gasteiger partial charge in [-0.25, -0.2) is 29.1 Å². The third kappa shape index (κ3) is 7.09. The van der Waals surface area contributed by atoms with Crippen molar-refractivity contribution in [3.8, 4) is 22.0 Å². The van der Waals surface area contributed by atoms with E-state index in [9.17, 15) is 19.2 Å². The number of aromatic amines is 2. The zero-order chi connectivity index (χ0) is 38.3. The predicted molar refractivity (Wildman–Crippen MR) is 199 cm³/mol. The van der Waals surface area contributed by atoms with Gasteiger partial charge in [-0.05, 0) is 55.7 Å². The van der Waals surface area contributed by atoms with Gasteiger partial charge in [-0.2, -0.15) is 5.10 Å². The van der Waals surface area contributed by atoms with E-state index in [1.807, 2.05) is 52.1 Å². The average Bonchev–Trinajstić information content (AvgIpc) is 3.99. The molecule has 286 valence electrons. The van der Waals surface area contributed by atoms with Crippen LogP contribution in [-0.4, -0.2) is 108 Å². The molecule has 4 N–H and O–H groups in total. The summed E-state index contributed by atoms with van der Waals surface area (Å²) in [5.41, 5.74) is 3.89. The van der Waals surface area contributed by atoms with Crippen LogP contribution in [0.1, 0.15) is 77.1 Å². The minimum atomic E-state index is -0.710. The Bertz CT molecular complexity index is 2150. The fourth-order valence-electron chi connectivity index (χ4n) is 7.29. The van der Waals surface area contributed by atoms with Gasteiger partial charge in [0.15, 0.2) is 0 Å². The summed E-state index contributed by atoms with van der Waals surface area (Å²) < 4.78 is 11.2. The molecule has 2 aliphatic heterocycles. The molecule has 0 spiro atoms. The van der Waals surface area contributed by atoms with Gasteiger partial charge in [0.25, 0.3) is 0 Å². The molecule has 2 aliphatic rings. The van der Waals surface area contributed by atoms with Crippen LogP contribution in [0.4, 0.5) is 9.59 Å². The Morgan fingerprint density at radius 3 is 2.04 bits per heavy atom. The van der Waals surface area contributed by atoms with Gasteiger partial charge in [-0.15, -0.1) is 0 Å². The Hall–Kier alpha value is -5.52. The van der Waals surface area contributed by atoms with E-state index in [1.165, 1.54) is 25.6 Å². The van der Waals surface area contributed by atoms with Crippen LogP contribution >= 0.6 is 11.3 Å². The van der Waals surface area contributed by atoms with Gasteiger partial charge >= 0.3 is 12.2 Å². The molecule has 0 aliphatic carbocycles. The normalized spacial score (nSPS) is 18.5. The molecule has 1 aromatic carbocycles. The quantitative estimate of drug-likeness (QED) is 0.153. The molecule has 6 heterocycles. The van der Waals surface area contributed by atoms with E-state index in [1.54, 1.807) is 20.5 Å². The van der Waals surface area contributed by atoms with Crippen molar-refractivity contribution in [3.63, 3.8) is 0 Å². The van der Waals surface area contributed by atoms with Crippen LogP contribution in [0.15, 0.2) is 30.6 Å². The van der Waals surface area contributed by atoms with Gasteiger partial charge in [0.2, 0.25) is 16.8 Å². The number of hydrogen-bond acceptors (Lipinski definition) is 11. The molecule has 4 amide bonds. The third-order valence-electron chi connectivity index (χ3n) is 10.1. The topological polar surface area (TPSA) is 205 Å². The lowest BCUT2D eigenvalue weighted by atomic mass is 10.0. The van der Waals surface area contributed by atoms with Crippen LogP contribution in [0.25, 0.3) is 38.0 Å². The monoisotopic (exact) mass is 759 g/mol. The number of imidazole rings is 3. The first-order chi connectivity index (χ1) is 25.9. The maximum absolute atomic E-state index is 13.6. The third-order valence-corrected chi connectivity index (χ3v) is 11.1. The van der Waals surface area contributed by atoms with Gasteiger partial charge < -0.3 is 39.9 Å². The molecule has 54 heavy (non-hydrogen) atoms. The highest BCUT2D eigenvalue weighted by molar-refractivity contribution is 7.19. The van der Waals surface area contributed by atoms with Gasteiger partial charge in [0.05, 0.1) is 55.4 Å². The lowest BCUT2D eigenvalue weighted by Gasteiger charge is -2.29. The minimum Gasteiger partial charge on any atom is -0.453 e. The molecule has 4 aromatic heterocycles. The molecule has 7 rings (SSSR count). The van der Waals surface area contributed by atoms with E-state index in [-0.39, 0.29) is 35.7 Å². The van der Waals surface area contributed by atoms with Gasteiger partial charge in [-0.3, -0.25) is 9.59 Å². The highest BCUT2D eigenvalue weighted by Crippen LogP contribution is 2.36. The minimum absolute atomic E-state index is 0.120. The highest BCUT2D eigenvalue weighted by Gasteiger charge is 2.39. The van der Waals surface area contributed by atoms with E-state index in [0.717, 1.165) is 47.3 Å². The van der Waals surface area contributed by atoms with Crippen LogP contribution in [0.5, 0.6) is 0 Å². The number of fused-ring (bicyclic) bond motifs is 2. The standard InChI is InChI=1S/C36H45N11O6S/c1-18(2)27(42-35(50)52-5)32(48)45-13-7-9-25(45)29-37-16-23(40-29)24-17-47-34(41-24)54-31(44-47)20-11-12-21-22(15-20)39-30(38-21)26-10-8-14-46(26)33(49)28(19(3)4)43-36(51)53-6/h11-12,15-19,25-28H,7-10,13-14H2,1-6H3,(H,37,40)(H,38,39)(H,42,50)(H,43,51)/t25-,26?,27-,28-/m1/s1. The maximum Gasteiger partial charge on any atom is 0.407 e. The zero-order valence-electron chi connectivity index (χ0n) is 31.1. The number of carbonyl (C=O) groups excluding carboxylic acids is 4. The SMILES string of the molecule is COC(=O)N[C@@H](C(=O)N1CCCC1c1nc2ccc(-c3nn4cc(-c5cnc([C@H]6CCCN6C(=O)[C@H](NC(=O)OC)C(C)C)[nH]5)nc4s3)cc2[nH]1)C(C)C. The summed E-state index contributed by atoms with van der Waals surface area (Å²) in [7, 11) is 2.56. The maximum atomic E-state index is 13.6. The number of aromatic nitrogens is 7.